The molecule has 0 aliphatic heterocycles. The molecule has 160 valence electrons. The molecule has 9 heteroatoms. The lowest BCUT2D eigenvalue weighted by Gasteiger charge is -2.31. The summed E-state index contributed by atoms with van der Waals surface area (Å²) in [7, 11) is 0. The Morgan fingerprint density at radius 3 is 2.48 bits per heavy atom. The summed E-state index contributed by atoms with van der Waals surface area (Å²) < 4.78 is 43.1. The fourth-order valence-electron chi connectivity index (χ4n) is 4.32. The number of alkyl halides is 3. The lowest BCUT2D eigenvalue weighted by molar-refractivity contribution is -0.122. The average Bonchev–Trinajstić information content (AvgIpc) is 3.12. The highest BCUT2D eigenvalue weighted by atomic mass is 32.2. The number of halogens is 3. The molecule has 0 saturated heterocycles. The van der Waals surface area contributed by atoms with Crippen molar-refractivity contribution in [1.29, 1.82) is 0 Å². The Labute approximate surface area is 172 Å². The number of ether oxygens (including phenoxy) is 1. The monoisotopic (exact) mass is 430 g/mol. The number of fused-ring (bicyclic) bond motifs is 2. The third-order valence-electron chi connectivity index (χ3n) is 5.24. The Kier molecular flexibility index (Phi) is 6.08. The second-order valence-corrected chi connectivity index (χ2v) is 9.73. The molecule has 0 spiro atoms. The van der Waals surface area contributed by atoms with Crippen molar-refractivity contribution in [2.24, 2.45) is 17.8 Å². The van der Waals surface area contributed by atoms with Gasteiger partial charge in [0.2, 0.25) is 5.91 Å². The number of nitrogens with one attached hydrogen (secondary N) is 2. The summed E-state index contributed by atoms with van der Waals surface area (Å²) in [5.74, 6) is -0.365. The van der Waals surface area contributed by atoms with Gasteiger partial charge in [0.15, 0.2) is 0 Å². The quantitative estimate of drug-likeness (QED) is 0.646. The smallest absolute Gasteiger partial charge is 0.444 e. The van der Waals surface area contributed by atoms with Gasteiger partial charge in [0.05, 0.1) is 5.92 Å². The fraction of sp³-hybridized carbons (Fsp3) is 0.600. The van der Waals surface area contributed by atoms with Gasteiger partial charge in [-0.3, -0.25) is 4.79 Å². The minimum Gasteiger partial charge on any atom is -0.444 e. The minimum absolute atomic E-state index is 0.00618. The van der Waals surface area contributed by atoms with Crippen LogP contribution in [0.3, 0.4) is 0 Å². The lowest BCUT2D eigenvalue weighted by atomic mass is 9.83. The van der Waals surface area contributed by atoms with Gasteiger partial charge in [-0.2, -0.15) is 13.2 Å². The molecule has 29 heavy (non-hydrogen) atoms. The van der Waals surface area contributed by atoms with E-state index >= 15 is 0 Å². The number of benzene rings is 1. The molecule has 1 unspecified atom stereocenters. The van der Waals surface area contributed by atoms with Crippen LogP contribution in [0.15, 0.2) is 29.2 Å². The Morgan fingerprint density at radius 2 is 1.83 bits per heavy atom. The molecule has 4 atom stereocenters. The molecule has 3 rings (SSSR count). The lowest BCUT2D eigenvalue weighted by Crippen LogP contribution is -2.49. The average molecular weight is 430 g/mol. The standard InChI is InChI=1S/C20H25F3N2O3S/c1-19(2,3)28-18(27)25-16-12-8-7-11(9-12)15(16)17(26)24-13-5-4-6-14(10-13)29-20(21,22)23/h4-6,10-12,15-16H,7-9H2,1-3H3,(H,24,26)(H,25,27)/t11-,12+,15?,16-/m1/s1. The van der Waals surface area contributed by atoms with Gasteiger partial charge in [-0.1, -0.05) is 6.07 Å². The Balaban J connectivity index is 1.69. The molecule has 5 nitrogen and oxygen atoms in total. The number of alkyl carbamates (subject to hydrolysis) is 1. The Bertz CT molecular complexity index is 779. The molecular weight excluding hydrogens is 405 g/mol. The van der Waals surface area contributed by atoms with Crippen molar-refractivity contribution in [3.05, 3.63) is 24.3 Å². The van der Waals surface area contributed by atoms with Gasteiger partial charge in [-0.05, 0) is 81.8 Å². The number of hydrogen-bond acceptors (Lipinski definition) is 4. The van der Waals surface area contributed by atoms with Crippen LogP contribution >= 0.6 is 11.8 Å². The largest absolute Gasteiger partial charge is 0.446 e. The van der Waals surface area contributed by atoms with Gasteiger partial charge < -0.3 is 15.4 Å². The van der Waals surface area contributed by atoms with E-state index in [1.165, 1.54) is 18.2 Å². The molecule has 2 amide bonds. The van der Waals surface area contributed by atoms with Gasteiger partial charge in [-0.15, -0.1) is 0 Å². The maximum atomic E-state index is 12.9. The Morgan fingerprint density at radius 1 is 1.14 bits per heavy atom. The van der Waals surface area contributed by atoms with Crippen molar-refractivity contribution in [3.63, 3.8) is 0 Å². The maximum Gasteiger partial charge on any atom is 0.446 e. The summed E-state index contributed by atoms with van der Waals surface area (Å²) in [6, 6.07) is 5.34. The van der Waals surface area contributed by atoms with Gasteiger partial charge in [0, 0.05) is 16.6 Å². The summed E-state index contributed by atoms with van der Waals surface area (Å²) in [5.41, 5.74) is -4.73. The van der Waals surface area contributed by atoms with E-state index in [1.807, 2.05) is 0 Å². The zero-order valence-corrected chi connectivity index (χ0v) is 17.3. The highest BCUT2D eigenvalue weighted by Gasteiger charge is 2.51. The van der Waals surface area contributed by atoms with Crippen LogP contribution in [-0.4, -0.2) is 29.2 Å². The molecule has 0 radical (unpaired) electrons. The van der Waals surface area contributed by atoms with Crippen LogP contribution in [-0.2, 0) is 9.53 Å². The molecule has 0 aromatic heterocycles. The van der Waals surface area contributed by atoms with E-state index in [2.05, 4.69) is 10.6 Å². The topological polar surface area (TPSA) is 67.4 Å². The molecule has 2 N–H and O–H groups in total. The van der Waals surface area contributed by atoms with Crippen LogP contribution in [0.4, 0.5) is 23.7 Å². The number of carbonyl (C=O) groups is 2. The number of thioether (sulfide) groups is 1. The van der Waals surface area contributed by atoms with E-state index in [4.69, 9.17) is 4.74 Å². The first-order chi connectivity index (χ1) is 13.4. The summed E-state index contributed by atoms with van der Waals surface area (Å²) in [6.07, 6.45) is 2.13. The fourth-order valence-corrected chi connectivity index (χ4v) is 4.92. The van der Waals surface area contributed by atoms with Crippen molar-refractivity contribution in [2.45, 2.75) is 62.1 Å². The highest BCUT2D eigenvalue weighted by molar-refractivity contribution is 8.00. The van der Waals surface area contributed by atoms with Crippen molar-refractivity contribution in [1.82, 2.24) is 5.32 Å². The predicted octanol–water partition coefficient (Wildman–Crippen LogP) is 5.18. The summed E-state index contributed by atoms with van der Waals surface area (Å²) in [6.45, 7) is 5.30. The van der Waals surface area contributed by atoms with Crippen LogP contribution in [0.2, 0.25) is 0 Å². The Hall–Kier alpha value is -1.90. The van der Waals surface area contributed by atoms with Crippen molar-refractivity contribution < 1.29 is 27.5 Å². The normalized spacial score (nSPS) is 26.3. The second-order valence-electron chi connectivity index (χ2n) is 8.60. The number of hydrogen-bond donors (Lipinski definition) is 2. The zero-order chi connectivity index (χ0) is 21.4. The summed E-state index contributed by atoms with van der Waals surface area (Å²) in [4.78, 5) is 25.2. The number of anilines is 1. The van der Waals surface area contributed by atoms with E-state index in [0.717, 1.165) is 19.3 Å². The number of carbonyl (C=O) groups excluding carboxylic acids is 2. The first-order valence-electron chi connectivity index (χ1n) is 9.57. The van der Waals surface area contributed by atoms with Gasteiger partial charge in [0.1, 0.15) is 5.60 Å². The molecule has 2 fully saturated rings. The van der Waals surface area contributed by atoms with E-state index in [-0.39, 0.29) is 40.4 Å². The first kappa shape index (κ1) is 21.8. The number of amides is 2. The van der Waals surface area contributed by atoms with Crippen molar-refractivity contribution in [2.75, 3.05) is 5.32 Å². The van der Waals surface area contributed by atoms with Crippen LogP contribution in [0.25, 0.3) is 0 Å². The van der Waals surface area contributed by atoms with E-state index < -0.39 is 23.1 Å². The highest BCUT2D eigenvalue weighted by Crippen LogP contribution is 2.49. The van der Waals surface area contributed by atoms with E-state index in [1.54, 1.807) is 26.8 Å². The van der Waals surface area contributed by atoms with Crippen LogP contribution in [0.5, 0.6) is 0 Å². The second kappa shape index (κ2) is 8.08. The third kappa shape index (κ3) is 5.81. The molecule has 2 aliphatic carbocycles. The van der Waals surface area contributed by atoms with Crippen LogP contribution in [0.1, 0.15) is 40.0 Å². The van der Waals surface area contributed by atoms with Crippen molar-refractivity contribution in [3.8, 4) is 0 Å². The summed E-state index contributed by atoms with van der Waals surface area (Å²) >= 11 is -0.224. The molecule has 2 bridgehead atoms. The molecular formula is C20H25F3N2O3S. The molecule has 2 aliphatic rings. The van der Waals surface area contributed by atoms with Crippen LogP contribution < -0.4 is 10.6 Å². The molecule has 1 aromatic rings. The molecule has 0 heterocycles. The zero-order valence-electron chi connectivity index (χ0n) is 16.5. The van der Waals surface area contributed by atoms with Gasteiger partial charge in [0.25, 0.3) is 0 Å². The summed E-state index contributed by atoms with van der Waals surface area (Å²) in [5, 5.41) is 5.59. The third-order valence-corrected chi connectivity index (χ3v) is 5.96. The van der Waals surface area contributed by atoms with Crippen molar-refractivity contribution >= 4 is 29.4 Å². The number of rotatable bonds is 4. The molecule has 1 aromatic carbocycles. The first-order valence-corrected chi connectivity index (χ1v) is 10.4. The minimum atomic E-state index is -4.39. The van der Waals surface area contributed by atoms with Gasteiger partial charge in [-0.25, -0.2) is 4.79 Å². The van der Waals surface area contributed by atoms with Crippen LogP contribution in [0, 0.1) is 17.8 Å². The maximum absolute atomic E-state index is 12.9. The SMILES string of the molecule is CC(C)(C)OC(=O)N[C@H]1C(C(=O)Nc2cccc(SC(F)(F)F)c2)[C@@H]2CC[C@H]1C2. The van der Waals surface area contributed by atoms with E-state index in [0.29, 0.717) is 5.69 Å². The van der Waals surface area contributed by atoms with Gasteiger partial charge >= 0.3 is 11.6 Å². The molecule has 2 saturated carbocycles. The predicted molar refractivity (Wildman–Crippen MR) is 104 cm³/mol. The van der Waals surface area contributed by atoms with E-state index in [9.17, 15) is 22.8 Å².